The molecule has 0 bridgehead atoms. The average Bonchev–Trinajstić information content (AvgIpc) is 2.35. The standard InChI is InChI=1S/C7H12N4O/c1-10(2)7(12)5-11-4-3-6(8)9-11/h3-4H,5H2,1-2H3,(H2,8,9). The van der Waals surface area contributed by atoms with Crippen molar-refractivity contribution in [3.05, 3.63) is 12.3 Å². The Morgan fingerprint density at radius 2 is 2.42 bits per heavy atom. The van der Waals surface area contributed by atoms with Crippen LogP contribution in [0.4, 0.5) is 5.82 Å². The quantitative estimate of drug-likeness (QED) is 0.650. The zero-order chi connectivity index (χ0) is 9.14. The van der Waals surface area contributed by atoms with E-state index in [0.29, 0.717) is 5.82 Å². The van der Waals surface area contributed by atoms with E-state index >= 15 is 0 Å². The summed E-state index contributed by atoms with van der Waals surface area (Å²) in [5.41, 5.74) is 5.37. The summed E-state index contributed by atoms with van der Waals surface area (Å²) >= 11 is 0. The molecule has 0 spiro atoms. The van der Waals surface area contributed by atoms with Gasteiger partial charge in [0.05, 0.1) is 0 Å². The summed E-state index contributed by atoms with van der Waals surface area (Å²) in [6, 6.07) is 1.66. The lowest BCUT2D eigenvalue weighted by atomic mass is 10.5. The Labute approximate surface area is 70.8 Å². The third kappa shape index (κ3) is 1.98. The number of likely N-dealkylation sites (N-methyl/N-ethyl adjacent to an activating group) is 1. The van der Waals surface area contributed by atoms with E-state index in [0.717, 1.165) is 0 Å². The molecule has 1 rings (SSSR count). The van der Waals surface area contributed by atoms with Crippen molar-refractivity contribution in [1.82, 2.24) is 14.7 Å². The van der Waals surface area contributed by atoms with Crippen LogP contribution in [0.15, 0.2) is 12.3 Å². The molecule has 0 aliphatic rings. The zero-order valence-corrected chi connectivity index (χ0v) is 7.19. The monoisotopic (exact) mass is 168 g/mol. The number of amides is 1. The number of hydrogen-bond acceptors (Lipinski definition) is 3. The van der Waals surface area contributed by atoms with E-state index in [-0.39, 0.29) is 12.5 Å². The highest BCUT2D eigenvalue weighted by Gasteiger charge is 2.04. The maximum atomic E-state index is 11.1. The maximum Gasteiger partial charge on any atom is 0.243 e. The van der Waals surface area contributed by atoms with Gasteiger partial charge in [0.25, 0.3) is 0 Å². The molecule has 66 valence electrons. The largest absolute Gasteiger partial charge is 0.382 e. The van der Waals surface area contributed by atoms with Gasteiger partial charge in [-0.15, -0.1) is 0 Å². The Balaban J connectivity index is 2.58. The van der Waals surface area contributed by atoms with Gasteiger partial charge >= 0.3 is 0 Å². The maximum absolute atomic E-state index is 11.1. The molecule has 0 aromatic carbocycles. The molecule has 1 amide bonds. The van der Waals surface area contributed by atoms with Crippen LogP contribution in [0, 0.1) is 0 Å². The van der Waals surface area contributed by atoms with Gasteiger partial charge in [-0.3, -0.25) is 9.48 Å². The fraction of sp³-hybridized carbons (Fsp3) is 0.429. The Bertz CT molecular complexity index is 279. The zero-order valence-electron chi connectivity index (χ0n) is 7.19. The molecule has 0 aliphatic heterocycles. The number of anilines is 1. The molecule has 12 heavy (non-hydrogen) atoms. The highest BCUT2D eigenvalue weighted by molar-refractivity contribution is 5.75. The molecule has 0 unspecified atom stereocenters. The predicted octanol–water partition coefficient (Wildman–Crippen LogP) is -0.447. The second-order valence-electron chi connectivity index (χ2n) is 2.73. The molecule has 1 heterocycles. The van der Waals surface area contributed by atoms with Crippen LogP contribution in [0.3, 0.4) is 0 Å². The van der Waals surface area contributed by atoms with Crippen LogP contribution in [-0.2, 0) is 11.3 Å². The SMILES string of the molecule is CN(C)C(=O)Cn1ccc(N)n1. The number of nitrogen functional groups attached to an aromatic ring is 1. The van der Waals surface area contributed by atoms with Gasteiger partial charge in [0, 0.05) is 20.3 Å². The summed E-state index contributed by atoms with van der Waals surface area (Å²) in [5.74, 6) is 0.430. The molecule has 5 nitrogen and oxygen atoms in total. The van der Waals surface area contributed by atoms with Crippen LogP contribution in [0.25, 0.3) is 0 Å². The minimum absolute atomic E-state index is 0.00176. The smallest absolute Gasteiger partial charge is 0.243 e. The summed E-state index contributed by atoms with van der Waals surface area (Å²) < 4.78 is 1.51. The van der Waals surface area contributed by atoms with E-state index in [1.807, 2.05) is 0 Å². The molecule has 2 N–H and O–H groups in total. The summed E-state index contributed by atoms with van der Waals surface area (Å²) in [6.45, 7) is 0.240. The van der Waals surface area contributed by atoms with Crippen molar-refractivity contribution in [2.45, 2.75) is 6.54 Å². The van der Waals surface area contributed by atoms with E-state index < -0.39 is 0 Å². The van der Waals surface area contributed by atoms with Crippen molar-refractivity contribution in [1.29, 1.82) is 0 Å². The Morgan fingerprint density at radius 1 is 1.75 bits per heavy atom. The molecule has 0 radical (unpaired) electrons. The summed E-state index contributed by atoms with van der Waals surface area (Å²) in [5, 5.41) is 3.88. The fourth-order valence-electron chi connectivity index (χ4n) is 0.745. The van der Waals surface area contributed by atoms with E-state index in [1.165, 1.54) is 9.58 Å². The van der Waals surface area contributed by atoms with Gasteiger partial charge in [-0.05, 0) is 6.07 Å². The average molecular weight is 168 g/mol. The first-order valence-electron chi connectivity index (χ1n) is 3.58. The van der Waals surface area contributed by atoms with Crippen molar-refractivity contribution in [3.8, 4) is 0 Å². The number of nitrogens with two attached hydrogens (primary N) is 1. The minimum Gasteiger partial charge on any atom is -0.382 e. The number of carbonyl (C=O) groups is 1. The van der Waals surface area contributed by atoms with Crippen LogP contribution in [0.1, 0.15) is 0 Å². The van der Waals surface area contributed by atoms with Crippen LogP contribution in [-0.4, -0.2) is 34.7 Å². The fourth-order valence-corrected chi connectivity index (χ4v) is 0.745. The van der Waals surface area contributed by atoms with E-state index in [9.17, 15) is 4.79 Å². The molecule has 1 aromatic rings. The van der Waals surface area contributed by atoms with Crippen molar-refractivity contribution in [2.75, 3.05) is 19.8 Å². The highest BCUT2D eigenvalue weighted by atomic mass is 16.2. The summed E-state index contributed by atoms with van der Waals surface area (Å²) in [4.78, 5) is 12.7. The van der Waals surface area contributed by atoms with Crippen LogP contribution in [0.5, 0.6) is 0 Å². The lowest BCUT2D eigenvalue weighted by molar-refractivity contribution is -0.129. The first-order valence-corrected chi connectivity index (χ1v) is 3.58. The van der Waals surface area contributed by atoms with Gasteiger partial charge in [0.15, 0.2) is 0 Å². The molecule has 0 saturated heterocycles. The van der Waals surface area contributed by atoms with Gasteiger partial charge in [-0.1, -0.05) is 0 Å². The molecule has 1 aromatic heterocycles. The molecular formula is C7H12N4O. The first-order chi connectivity index (χ1) is 5.59. The summed E-state index contributed by atoms with van der Waals surface area (Å²) in [7, 11) is 3.41. The lowest BCUT2D eigenvalue weighted by Gasteiger charge is -2.09. The third-order valence-electron chi connectivity index (χ3n) is 1.46. The van der Waals surface area contributed by atoms with Crippen molar-refractivity contribution in [2.24, 2.45) is 0 Å². The molecule has 0 saturated carbocycles. The molecule has 0 aliphatic carbocycles. The van der Waals surface area contributed by atoms with Gasteiger partial charge < -0.3 is 10.6 Å². The molecule has 0 fully saturated rings. The minimum atomic E-state index is -0.00176. The van der Waals surface area contributed by atoms with Gasteiger partial charge in [0.2, 0.25) is 5.91 Å². The Kier molecular flexibility index (Phi) is 2.32. The van der Waals surface area contributed by atoms with Crippen molar-refractivity contribution < 1.29 is 4.79 Å². The molecular weight excluding hydrogens is 156 g/mol. The molecule has 0 atom stereocenters. The lowest BCUT2D eigenvalue weighted by Crippen LogP contribution is -2.26. The molecule has 5 heteroatoms. The van der Waals surface area contributed by atoms with E-state index in [1.54, 1.807) is 26.4 Å². The Morgan fingerprint density at radius 3 is 2.83 bits per heavy atom. The van der Waals surface area contributed by atoms with Crippen LogP contribution in [0.2, 0.25) is 0 Å². The van der Waals surface area contributed by atoms with E-state index in [2.05, 4.69) is 5.10 Å². The van der Waals surface area contributed by atoms with Crippen molar-refractivity contribution >= 4 is 11.7 Å². The third-order valence-corrected chi connectivity index (χ3v) is 1.46. The normalized spacial score (nSPS) is 9.83. The first kappa shape index (κ1) is 8.58. The second-order valence-corrected chi connectivity index (χ2v) is 2.73. The number of rotatable bonds is 2. The van der Waals surface area contributed by atoms with E-state index in [4.69, 9.17) is 5.73 Å². The topological polar surface area (TPSA) is 64.2 Å². The van der Waals surface area contributed by atoms with Gasteiger partial charge in [0.1, 0.15) is 12.4 Å². The number of carbonyl (C=O) groups excluding carboxylic acids is 1. The van der Waals surface area contributed by atoms with Gasteiger partial charge in [-0.2, -0.15) is 5.10 Å². The Hall–Kier alpha value is -1.52. The number of nitrogens with zero attached hydrogens (tertiary/aromatic N) is 3. The summed E-state index contributed by atoms with van der Waals surface area (Å²) in [6.07, 6.45) is 1.68. The second kappa shape index (κ2) is 3.25. The van der Waals surface area contributed by atoms with Gasteiger partial charge in [-0.25, -0.2) is 0 Å². The highest BCUT2D eigenvalue weighted by Crippen LogP contribution is 1.95. The number of hydrogen-bond donors (Lipinski definition) is 1. The van der Waals surface area contributed by atoms with Crippen molar-refractivity contribution in [3.63, 3.8) is 0 Å². The van der Waals surface area contributed by atoms with Crippen LogP contribution < -0.4 is 5.73 Å². The van der Waals surface area contributed by atoms with Crippen LogP contribution >= 0.6 is 0 Å². The number of aromatic nitrogens is 2. The predicted molar refractivity (Wildman–Crippen MR) is 45.3 cm³/mol.